The molecule has 0 amide bonds. The Balaban J connectivity index is 1.95. The Morgan fingerprint density at radius 3 is 3.12 bits per heavy atom. The van der Waals surface area contributed by atoms with Crippen LogP contribution in [0.5, 0.6) is 5.75 Å². The second-order valence-electron chi connectivity index (χ2n) is 3.84. The third kappa shape index (κ3) is 1.57. The lowest BCUT2D eigenvalue weighted by Crippen LogP contribution is -1.94. The van der Waals surface area contributed by atoms with Crippen molar-refractivity contribution >= 4 is 11.6 Å². The molecule has 0 saturated carbocycles. The minimum atomic E-state index is -0.173. The second kappa shape index (κ2) is 3.83. The number of hydrogen-bond acceptors (Lipinski definition) is 2. The largest absolute Gasteiger partial charge is 0.493 e. The molecule has 1 unspecified atom stereocenters. The number of nitrogens with zero attached hydrogens (tertiary/aromatic N) is 1. The number of halogens is 1. The number of aromatic amines is 1. The summed E-state index contributed by atoms with van der Waals surface area (Å²) in [5, 5.41) is 6.62. The molecule has 3 rings (SSSR count). The van der Waals surface area contributed by atoms with Gasteiger partial charge in [0, 0.05) is 12.6 Å². The molecule has 1 atom stereocenters. The van der Waals surface area contributed by atoms with E-state index in [4.69, 9.17) is 16.3 Å². The van der Waals surface area contributed by atoms with Gasteiger partial charge in [-0.3, -0.25) is 5.10 Å². The van der Waals surface area contributed by atoms with Crippen LogP contribution in [0.4, 0.5) is 0 Å². The first-order chi connectivity index (χ1) is 7.84. The molecule has 0 fully saturated rings. The summed E-state index contributed by atoms with van der Waals surface area (Å²) in [6, 6.07) is 7.99. The second-order valence-corrected chi connectivity index (χ2v) is 4.28. The van der Waals surface area contributed by atoms with Crippen LogP contribution in [0.3, 0.4) is 0 Å². The fourth-order valence-electron chi connectivity index (χ4n) is 1.95. The van der Waals surface area contributed by atoms with E-state index in [1.54, 1.807) is 6.20 Å². The van der Waals surface area contributed by atoms with E-state index in [0.29, 0.717) is 0 Å². The molecule has 0 radical (unpaired) electrons. The van der Waals surface area contributed by atoms with Gasteiger partial charge in [0.2, 0.25) is 0 Å². The molecular formula is C12H11ClN2O. The van der Waals surface area contributed by atoms with E-state index in [1.165, 1.54) is 5.56 Å². The fourth-order valence-corrected chi connectivity index (χ4v) is 2.21. The van der Waals surface area contributed by atoms with Crippen molar-refractivity contribution in [3.8, 4) is 5.75 Å². The van der Waals surface area contributed by atoms with Gasteiger partial charge in [-0.15, -0.1) is 11.6 Å². The van der Waals surface area contributed by atoms with E-state index in [0.717, 1.165) is 30.0 Å². The highest BCUT2D eigenvalue weighted by Crippen LogP contribution is 2.32. The monoisotopic (exact) mass is 234 g/mol. The molecule has 1 aromatic carbocycles. The van der Waals surface area contributed by atoms with Crippen LogP contribution in [0, 0.1) is 0 Å². The van der Waals surface area contributed by atoms with Crippen LogP contribution in [0.2, 0.25) is 0 Å². The minimum Gasteiger partial charge on any atom is -0.493 e. The zero-order valence-corrected chi connectivity index (χ0v) is 9.37. The fraction of sp³-hybridized carbons (Fsp3) is 0.250. The van der Waals surface area contributed by atoms with Crippen LogP contribution in [-0.2, 0) is 6.42 Å². The Morgan fingerprint density at radius 1 is 1.38 bits per heavy atom. The van der Waals surface area contributed by atoms with Crippen molar-refractivity contribution < 1.29 is 4.74 Å². The van der Waals surface area contributed by atoms with Gasteiger partial charge < -0.3 is 4.74 Å². The molecule has 0 saturated heterocycles. The Bertz CT molecular complexity index is 496. The predicted molar refractivity (Wildman–Crippen MR) is 61.9 cm³/mol. The molecule has 0 aliphatic carbocycles. The number of nitrogens with one attached hydrogen (secondary N) is 1. The molecule has 1 aromatic heterocycles. The van der Waals surface area contributed by atoms with Gasteiger partial charge >= 0.3 is 0 Å². The number of alkyl halides is 1. The molecule has 4 heteroatoms. The van der Waals surface area contributed by atoms with Crippen molar-refractivity contribution in [2.75, 3.05) is 6.61 Å². The number of hydrogen-bond donors (Lipinski definition) is 1. The summed E-state index contributed by atoms with van der Waals surface area (Å²) in [6.07, 6.45) is 2.68. The minimum absolute atomic E-state index is 0.173. The Hall–Kier alpha value is -1.48. The first-order valence-electron chi connectivity index (χ1n) is 5.23. The molecule has 2 aromatic rings. The van der Waals surface area contributed by atoms with Crippen molar-refractivity contribution in [2.24, 2.45) is 0 Å². The molecule has 82 valence electrons. The van der Waals surface area contributed by atoms with Crippen molar-refractivity contribution in [2.45, 2.75) is 11.8 Å². The van der Waals surface area contributed by atoms with Crippen molar-refractivity contribution in [1.82, 2.24) is 10.2 Å². The zero-order valence-electron chi connectivity index (χ0n) is 8.61. The van der Waals surface area contributed by atoms with Gasteiger partial charge in [-0.05, 0) is 23.3 Å². The Labute approximate surface area is 98.4 Å². The molecule has 0 spiro atoms. The average Bonchev–Trinajstić information content (AvgIpc) is 2.98. The number of H-pyrrole nitrogens is 1. The third-order valence-electron chi connectivity index (χ3n) is 2.80. The maximum Gasteiger partial charge on any atom is 0.122 e. The highest BCUT2D eigenvalue weighted by Gasteiger charge is 2.17. The van der Waals surface area contributed by atoms with Crippen LogP contribution >= 0.6 is 11.6 Å². The summed E-state index contributed by atoms with van der Waals surface area (Å²) in [5.41, 5.74) is 3.23. The van der Waals surface area contributed by atoms with Crippen molar-refractivity contribution in [3.63, 3.8) is 0 Å². The maximum absolute atomic E-state index is 6.36. The smallest absolute Gasteiger partial charge is 0.122 e. The van der Waals surface area contributed by atoms with Crippen LogP contribution in [0.1, 0.15) is 22.2 Å². The summed E-state index contributed by atoms with van der Waals surface area (Å²) in [7, 11) is 0. The van der Waals surface area contributed by atoms with Gasteiger partial charge in [-0.1, -0.05) is 12.1 Å². The molecule has 16 heavy (non-hydrogen) atoms. The van der Waals surface area contributed by atoms with E-state index in [-0.39, 0.29) is 5.38 Å². The topological polar surface area (TPSA) is 37.9 Å². The summed E-state index contributed by atoms with van der Waals surface area (Å²) in [4.78, 5) is 0. The predicted octanol–water partition coefficient (Wildman–Crippen LogP) is 2.67. The average molecular weight is 235 g/mol. The number of benzene rings is 1. The van der Waals surface area contributed by atoms with Crippen molar-refractivity contribution in [1.29, 1.82) is 0 Å². The number of rotatable bonds is 2. The summed E-state index contributed by atoms with van der Waals surface area (Å²) < 4.78 is 5.46. The molecule has 1 aliphatic heterocycles. The molecule has 2 heterocycles. The van der Waals surface area contributed by atoms with E-state index >= 15 is 0 Å². The van der Waals surface area contributed by atoms with E-state index in [9.17, 15) is 0 Å². The standard InChI is InChI=1S/C12H11ClN2O/c13-12(10-3-5-14-15-10)9-1-2-11-8(7-9)4-6-16-11/h1-3,5,7,12H,4,6H2,(H,14,15). The number of fused-ring (bicyclic) bond motifs is 1. The summed E-state index contributed by atoms with van der Waals surface area (Å²) >= 11 is 6.36. The van der Waals surface area contributed by atoms with Gasteiger partial charge in [0.15, 0.2) is 0 Å². The third-order valence-corrected chi connectivity index (χ3v) is 3.29. The summed E-state index contributed by atoms with van der Waals surface area (Å²) in [5.74, 6) is 0.984. The summed E-state index contributed by atoms with van der Waals surface area (Å²) in [6.45, 7) is 0.774. The van der Waals surface area contributed by atoms with Gasteiger partial charge in [0.25, 0.3) is 0 Å². The van der Waals surface area contributed by atoms with Crippen LogP contribution < -0.4 is 4.74 Å². The first-order valence-corrected chi connectivity index (χ1v) is 5.67. The lowest BCUT2D eigenvalue weighted by Gasteiger charge is -2.08. The van der Waals surface area contributed by atoms with Gasteiger partial charge in [0.1, 0.15) is 11.1 Å². The van der Waals surface area contributed by atoms with Crippen molar-refractivity contribution in [3.05, 3.63) is 47.3 Å². The molecule has 3 nitrogen and oxygen atoms in total. The Morgan fingerprint density at radius 2 is 2.31 bits per heavy atom. The van der Waals surface area contributed by atoms with Gasteiger partial charge in [-0.2, -0.15) is 5.10 Å². The van der Waals surface area contributed by atoms with E-state index in [1.807, 2.05) is 18.2 Å². The Kier molecular flexibility index (Phi) is 2.33. The maximum atomic E-state index is 6.36. The van der Waals surface area contributed by atoms with Gasteiger partial charge in [-0.25, -0.2) is 0 Å². The lowest BCUT2D eigenvalue weighted by molar-refractivity contribution is 0.357. The van der Waals surface area contributed by atoms with E-state index < -0.39 is 0 Å². The first kappa shape index (κ1) is 9.73. The number of aromatic nitrogens is 2. The quantitative estimate of drug-likeness (QED) is 0.812. The molecule has 1 aliphatic rings. The molecule has 0 bridgehead atoms. The lowest BCUT2D eigenvalue weighted by atomic mass is 10.0. The SMILES string of the molecule is ClC(c1ccc2c(c1)CCO2)c1ccn[nH]1. The van der Waals surface area contributed by atoms with Crippen LogP contribution in [-0.4, -0.2) is 16.8 Å². The van der Waals surface area contributed by atoms with Crippen LogP contribution in [0.25, 0.3) is 0 Å². The normalized spacial score (nSPS) is 15.6. The van der Waals surface area contributed by atoms with E-state index in [2.05, 4.69) is 16.3 Å². The zero-order chi connectivity index (χ0) is 11.0. The number of ether oxygens (including phenoxy) is 1. The highest BCUT2D eigenvalue weighted by atomic mass is 35.5. The highest BCUT2D eigenvalue weighted by molar-refractivity contribution is 6.22. The van der Waals surface area contributed by atoms with Crippen LogP contribution in [0.15, 0.2) is 30.5 Å². The van der Waals surface area contributed by atoms with Gasteiger partial charge in [0.05, 0.1) is 12.3 Å². The molecule has 1 N–H and O–H groups in total. The molecular weight excluding hydrogens is 224 g/mol.